The van der Waals surface area contributed by atoms with Gasteiger partial charge in [-0.25, -0.2) is 0 Å². The summed E-state index contributed by atoms with van der Waals surface area (Å²) in [6.45, 7) is 3.34. The standard InChI is InChI=1S/C15H23NO/c1-12-4-3-5-14(10-12)16-11-13-6-8-15(17-2)9-7-13/h6-9,12,14,16H,3-5,10-11H2,1-2H3/t12-,14-/m1/s1. The average Bonchev–Trinajstić information content (AvgIpc) is 2.37. The fraction of sp³-hybridized carbons (Fsp3) is 0.600. The lowest BCUT2D eigenvalue weighted by Gasteiger charge is -2.27. The zero-order valence-electron chi connectivity index (χ0n) is 10.9. The second-order valence-corrected chi connectivity index (χ2v) is 5.20. The van der Waals surface area contributed by atoms with Crippen LogP contribution in [0.2, 0.25) is 0 Å². The van der Waals surface area contributed by atoms with Crippen molar-refractivity contribution in [3.05, 3.63) is 29.8 Å². The Balaban J connectivity index is 1.80. The summed E-state index contributed by atoms with van der Waals surface area (Å²) in [5.74, 6) is 1.82. The van der Waals surface area contributed by atoms with Crippen LogP contribution < -0.4 is 10.1 Å². The summed E-state index contributed by atoms with van der Waals surface area (Å²) in [6.07, 6.45) is 5.44. The van der Waals surface area contributed by atoms with E-state index < -0.39 is 0 Å². The zero-order chi connectivity index (χ0) is 12.1. The number of benzene rings is 1. The summed E-state index contributed by atoms with van der Waals surface area (Å²) in [7, 11) is 1.71. The third kappa shape index (κ3) is 3.74. The monoisotopic (exact) mass is 233 g/mol. The Hall–Kier alpha value is -1.02. The average molecular weight is 233 g/mol. The van der Waals surface area contributed by atoms with Gasteiger partial charge < -0.3 is 10.1 Å². The quantitative estimate of drug-likeness (QED) is 0.861. The Labute approximate surface area is 104 Å². The predicted molar refractivity (Wildman–Crippen MR) is 71.3 cm³/mol. The van der Waals surface area contributed by atoms with Gasteiger partial charge in [0, 0.05) is 12.6 Å². The van der Waals surface area contributed by atoms with Crippen molar-refractivity contribution in [2.24, 2.45) is 5.92 Å². The van der Waals surface area contributed by atoms with Gasteiger partial charge in [-0.1, -0.05) is 31.9 Å². The first-order valence-electron chi connectivity index (χ1n) is 6.64. The van der Waals surface area contributed by atoms with Crippen molar-refractivity contribution in [3.8, 4) is 5.75 Å². The molecule has 0 amide bonds. The maximum absolute atomic E-state index is 5.16. The third-order valence-electron chi connectivity index (χ3n) is 3.69. The van der Waals surface area contributed by atoms with Crippen LogP contribution in [0.25, 0.3) is 0 Å². The molecule has 17 heavy (non-hydrogen) atoms. The van der Waals surface area contributed by atoms with E-state index in [4.69, 9.17) is 4.74 Å². The van der Waals surface area contributed by atoms with Gasteiger partial charge in [0.15, 0.2) is 0 Å². The molecule has 1 N–H and O–H groups in total. The third-order valence-corrected chi connectivity index (χ3v) is 3.69. The Morgan fingerprint density at radius 3 is 2.65 bits per heavy atom. The number of hydrogen-bond acceptors (Lipinski definition) is 2. The van der Waals surface area contributed by atoms with E-state index in [1.807, 2.05) is 12.1 Å². The summed E-state index contributed by atoms with van der Waals surface area (Å²) >= 11 is 0. The van der Waals surface area contributed by atoms with Gasteiger partial charge in [-0.2, -0.15) is 0 Å². The van der Waals surface area contributed by atoms with E-state index in [1.54, 1.807) is 7.11 Å². The van der Waals surface area contributed by atoms with E-state index in [1.165, 1.54) is 31.2 Å². The normalized spacial score (nSPS) is 24.6. The van der Waals surface area contributed by atoms with Crippen molar-refractivity contribution >= 4 is 0 Å². The molecule has 1 saturated carbocycles. The Morgan fingerprint density at radius 2 is 2.00 bits per heavy atom. The SMILES string of the molecule is COc1ccc(CN[C@@H]2CCC[C@@H](C)C2)cc1. The summed E-state index contributed by atoms with van der Waals surface area (Å²) in [4.78, 5) is 0. The highest BCUT2D eigenvalue weighted by atomic mass is 16.5. The minimum Gasteiger partial charge on any atom is -0.497 e. The topological polar surface area (TPSA) is 21.3 Å². The lowest BCUT2D eigenvalue weighted by Crippen LogP contribution is -2.33. The van der Waals surface area contributed by atoms with E-state index in [-0.39, 0.29) is 0 Å². The Kier molecular flexibility index (Phi) is 4.43. The molecule has 0 saturated heterocycles. The van der Waals surface area contributed by atoms with Crippen molar-refractivity contribution < 1.29 is 4.74 Å². The van der Waals surface area contributed by atoms with E-state index in [2.05, 4.69) is 24.4 Å². The lowest BCUT2D eigenvalue weighted by molar-refractivity contribution is 0.300. The molecule has 0 aromatic heterocycles. The van der Waals surface area contributed by atoms with Crippen molar-refractivity contribution in [2.75, 3.05) is 7.11 Å². The molecule has 2 atom stereocenters. The maximum atomic E-state index is 5.16. The molecule has 1 aromatic carbocycles. The van der Waals surface area contributed by atoms with Gasteiger partial charge in [-0.3, -0.25) is 0 Å². The van der Waals surface area contributed by atoms with Crippen LogP contribution in [0.15, 0.2) is 24.3 Å². The summed E-state index contributed by atoms with van der Waals surface area (Å²) in [5.41, 5.74) is 1.34. The molecule has 0 heterocycles. The number of nitrogens with one attached hydrogen (secondary N) is 1. The van der Waals surface area contributed by atoms with Gasteiger partial charge in [0.2, 0.25) is 0 Å². The van der Waals surface area contributed by atoms with E-state index in [0.29, 0.717) is 6.04 Å². The molecule has 0 unspecified atom stereocenters. The van der Waals surface area contributed by atoms with Crippen LogP contribution in [0.4, 0.5) is 0 Å². The summed E-state index contributed by atoms with van der Waals surface area (Å²) in [5, 5.41) is 3.66. The Morgan fingerprint density at radius 1 is 1.24 bits per heavy atom. The molecule has 0 aliphatic heterocycles. The van der Waals surface area contributed by atoms with Gasteiger partial charge in [-0.15, -0.1) is 0 Å². The van der Waals surface area contributed by atoms with Gasteiger partial charge >= 0.3 is 0 Å². The van der Waals surface area contributed by atoms with Crippen LogP contribution in [0, 0.1) is 5.92 Å². The first-order valence-corrected chi connectivity index (χ1v) is 6.64. The molecule has 94 valence electrons. The zero-order valence-corrected chi connectivity index (χ0v) is 10.9. The van der Waals surface area contributed by atoms with Crippen LogP contribution in [-0.2, 0) is 6.54 Å². The fourth-order valence-corrected chi connectivity index (χ4v) is 2.63. The molecule has 1 aliphatic carbocycles. The van der Waals surface area contributed by atoms with Crippen LogP contribution in [-0.4, -0.2) is 13.2 Å². The predicted octanol–water partition coefficient (Wildman–Crippen LogP) is 3.36. The molecule has 0 bridgehead atoms. The molecular formula is C15H23NO. The van der Waals surface area contributed by atoms with Crippen LogP contribution in [0.5, 0.6) is 5.75 Å². The summed E-state index contributed by atoms with van der Waals surface area (Å²) in [6, 6.07) is 9.04. The van der Waals surface area contributed by atoms with E-state index in [9.17, 15) is 0 Å². The number of rotatable bonds is 4. The molecule has 1 aliphatic rings. The number of hydrogen-bond donors (Lipinski definition) is 1. The van der Waals surface area contributed by atoms with Crippen molar-refractivity contribution in [2.45, 2.75) is 45.2 Å². The molecule has 2 rings (SSSR count). The number of ether oxygens (including phenoxy) is 1. The highest BCUT2D eigenvalue weighted by molar-refractivity contribution is 5.27. The van der Waals surface area contributed by atoms with Gasteiger partial charge in [0.25, 0.3) is 0 Å². The Bertz CT molecular complexity index is 333. The molecule has 2 nitrogen and oxygen atoms in total. The van der Waals surface area contributed by atoms with Crippen molar-refractivity contribution in [3.63, 3.8) is 0 Å². The van der Waals surface area contributed by atoms with Crippen molar-refractivity contribution in [1.29, 1.82) is 0 Å². The van der Waals surface area contributed by atoms with Crippen molar-refractivity contribution in [1.82, 2.24) is 5.32 Å². The molecule has 0 radical (unpaired) electrons. The second-order valence-electron chi connectivity index (χ2n) is 5.20. The molecule has 0 spiro atoms. The van der Waals surface area contributed by atoms with Crippen LogP contribution >= 0.6 is 0 Å². The minimum absolute atomic E-state index is 0.709. The first kappa shape index (κ1) is 12.4. The molecule has 1 fully saturated rings. The maximum Gasteiger partial charge on any atom is 0.118 e. The van der Waals surface area contributed by atoms with Gasteiger partial charge in [0.1, 0.15) is 5.75 Å². The van der Waals surface area contributed by atoms with E-state index in [0.717, 1.165) is 18.2 Å². The van der Waals surface area contributed by atoms with Gasteiger partial charge in [-0.05, 0) is 36.5 Å². The fourth-order valence-electron chi connectivity index (χ4n) is 2.63. The molecule has 2 heteroatoms. The van der Waals surface area contributed by atoms with Crippen LogP contribution in [0.1, 0.15) is 38.2 Å². The largest absolute Gasteiger partial charge is 0.497 e. The van der Waals surface area contributed by atoms with Crippen LogP contribution in [0.3, 0.4) is 0 Å². The summed E-state index contributed by atoms with van der Waals surface area (Å²) < 4.78 is 5.16. The molecule has 1 aromatic rings. The van der Waals surface area contributed by atoms with E-state index >= 15 is 0 Å². The lowest BCUT2D eigenvalue weighted by atomic mass is 9.87. The second kappa shape index (κ2) is 6.06. The molecular weight excluding hydrogens is 210 g/mol. The highest BCUT2D eigenvalue weighted by Gasteiger charge is 2.17. The van der Waals surface area contributed by atoms with Gasteiger partial charge in [0.05, 0.1) is 7.11 Å². The highest BCUT2D eigenvalue weighted by Crippen LogP contribution is 2.23. The number of methoxy groups -OCH3 is 1. The first-order chi connectivity index (χ1) is 8.28. The minimum atomic E-state index is 0.709. The smallest absolute Gasteiger partial charge is 0.118 e.